The number of anilines is 2. The highest BCUT2D eigenvalue weighted by molar-refractivity contribution is 5.83. The molecule has 0 bridgehead atoms. The van der Waals surface area contributed by atoms with Gasteiger partial charge in [-0.15, -0.1) is 0 Å². The average Bonchev–Trinajstić information content (AvgIpc) is 2.71. The smallest absolute Gasteiger partial charge is 0.240 e. The maximum atomic E-state index is 11.5. The summed E-state index contributed by atoms with van der Waals surface area (Å²) in [6, 6.07) is 7.61. The molecule has 0 fully saturated rings. The van der Waals surface area contributed by atoms with Crippen molar-refractivity contribution in [3.63, 3.8) is 0 Å². The Hall–Kier alpha value is -2.22. The fourth-order valence-corrected chi connectivity index (χ4v) is 2.06. The first-order valence-electron chi connectivity index (χ1n) is 5.48. The van der Waals surface area contributed by atoms with Gasteiger partial charge in [-0.3, -0.25) is 4.79 Å². The number of nitriles is 1. The van der Waals surface area contributed by atoms with Crippen LogP contribution in [-0.2, 0) is 11.2 Å². The zero-order valence-corrected chi connectivity index (χ0v) is 9.44. The molecule has 1 aliphatic heterocycles. The third-order valence-corrected chi connectivity index (χ3v) is 2.86. The van der Waals surface area contributed by atoms with E-state index in [9.17, 15) is 4.79 Å². The zero-order chi connectivity index (χ0) is 12.3. The molecule has 2 rings (SSSR count). The molecule has 88 valence electrons. The standard InChI is InChI=1S/C12H14N4O/c13-5-6-15-12(17)8-16-7-4-9-10(14)2-1-3-11(9)16/h1-3H,4,6-8,14H2,(H,15,17). The van der Waals surface area contributed by atoms with E-state index < -0.39 is 0 Å². The summed E-state index contributed by atoms with van der Waals surface area (Å²) in [6.45, 7) is 1.12. The van der Waals surface area contributed by atoms with E-state index in [-0.39, 0.29) is 19.0 Å². The van der Waals surface area contributed by atoms with Gasteiger partial charge in [0.05, 0.1) is 12.6 Å². The van der Waals surface area contributed by atoms with Crippen LogP contribution in [0.2, 0.25) is 0 Å². The second-order valence-electron chi connectivity index (χ2n) is 3.95. The van der Waals surface area contributed by atoms with Gasteiger partial charge in [0, 0.05) is 23.5 Å². The third-order valence-electron chi connectivity index (χ3n) is 2.86. The first-order chi connectivity index (χ1) is 8.22. The Morgan fingerprint density at radius 2 is 2.41 bits per heavy atom. The summed E-state index contributed by atoms with van der Waals surface area (Å²) in [6.07, 6.45) is 0.869. The molecule has 1 aromatic carbocycles. The van der Waals surface area contributed by atoms with Crippen molar-refractivity contribution in [2.45, 2.75) is 6.42 Å². The van der Waals surface area contributed by atoms with Crippen molar-refractivity contribution in [1.82, 2.24) is 5.32 Å². The van der Waals surface area contributed by atoms with Gasteiger partial charge in [-0.1, -0.05) is 6.07 Å². The number of rotatable bonds is 3. The van der Waals surface area contributed by atoms with E-state index in [0.29, 0.717) is 0 Å². The summed E-state index contributed by atoms with van der Waals surface area (Å²) in [5.74, 6) is -0.137. The summed E-state index contributed by atoms with van der Waals surface area (Å²) < 4.78 is 0. The lowest BCUT2D eigenvalue weighted by Crippen LogP contribution is -2.36. The molecule has 1 amide bonds. The van der Waals surface area contributed by atoms with Gasteiger partial charge in [0.15, 0.2) is 0 Å². The molecule has 1 aliphatic rings. The van der Waals surface area contributed by atoms with Gasteiger partial charge in [0.25, 0.3) is 0 Å². The van der Waals surface area contributed by atoms with E-state index >= 15 is 0 Å². The minimum absolute atomic E-state index is 0.0520. The SMILES string of the molecule is N#CCNC(=O)CN1CCc2c(N)cccc21. The molecule has 3 N–H and O–H groups in total. The Labute approximate surface area is 99.8 Å². The molecule has 0 atom stereocenters. The minimum atomic E-state index is -0.137. The van der Waals surface area contributed by atoms with E-state index in [1.54, 1.807) is 0 Å². The third kappa shape index (κ3) is 2.31. The molecule has 0 saturated carbocycles. The van der Waals surface area contributed by atoms with Gasteiger partial charge >= 0.3 is 0 Å². The van der Waals surface area contributed by atoms with E-state index in [1.165, 1.54) is 0 Å². The van der Waals surface area contributed by atoms with Crippen molar-refractivity contribution in [2.75, 3.05) is 30.3 Å². The number of fused-ring (bicyclic) bond motifs is 1. The summed E-state index contributed by atoms with van der Waals surface area (Å²) in [5, 5.41) is 10.9. The van der Waals surface area contributed by atoms with E-state index in [1.807, 2.05) is 29.2 Å². The first-order valence-corrected chi connectivity index (χ1v) is 5.48. The fourth-order valence-electron chi connectivity index (χ4n) is 2.06. The van der Waals surface area contributed by atoms with Gasteiger partial charge in [0.1, 0.15) is 6.54 Å². The van der Waals surface area contributed by atoms with Crippen LogP contribution in [0.15, 0.2) is 18.2 Å². The fraction of sp³-hybridized carbons (Fsp3) is 0.333. The quantitative estimate of drug-likeness (QED) is 0.577. The molecule has 1 heterocycles. The van der Waals surface area contributed by atoms with Crippen LogP contribution in [0.4, 0.5) is 11.4 Å². The molecular formula is C12H14N4O. The van der Waals surface area contributed by atoms with Crippen molar-refractivity contribution in [3.8, 4) is 6.07 Å². The number of carbonyl (C=O) groups excluding carboxylic acids is 1. The van der Waals surface area contributed by atoms with Crippen LogP contribution in [0.1, 0.15) is 5.56 Å². The summed E-state index contributed by atoms with van der Waals surface area (Å²) in [4.78, 5) is 13.5. The molecule has 0 aliphatic carbocycles. The maximum Gasteiger partial charge on any atom is 0.240 e. The Kier molecular flexibility index (Phi) is 3.15. The number of benzene rings is 1. The van der Waals surface area contributed by atoms with Gasteiger partial charge in [0.2, 0.25) is 5.91 Å². The average molecular weight is 230 g/mol. The van der Waals surface area contributed by atoms with Crippen molar-refractivity contribution >= 4 is 17.3 Å². The summed E-state index contributed by atoms with van der Waals surface area (Å²) >= 11 is 0. The van der Waals surface area contributed by atoms with Crippen LogP contribution >= 0.6 is 0 Å². The number of amides is 1. The topological polar surface area (TPSA) is 82.2 Å². The van der Waals surface area contributed by atoms with E-state index in [0.717, 1.165) is 29.9 Å². The van der Waals surface area contributed by atoms with Gasteiger partial charge in [-0.2, -0.15) is 5.26 Å². The van der Waals surface area contributed by atoms with Gasteiger partial charge < -0.3 is 16.0 Å². The Balaban J connectivity index is 2.05. The number of hydrogen-bond donors (Lipinski definition) is 2. The first kappa shape index (κ1) is 11.3. The van der Waals surface area contributed by atoms with E-state index in [4.69, 9.17) is 11.0 Å². The molecule has 0 aromatic heterocycles. The Bertz CT molecular complexity index is 478. The van der Waals surface area contributed by atoms with Crippen LogP contribution in [0.5, 0.6) is 0 Å². The molecule has 17 heavy (non-hydrogen) atoms. The molecule has 5 nitrogen and oxygen atoms in total. The Morgan fingerprint density at radius 1 is 1.59 bits per heavy atom. The van der Waals surface area contributed by atoms with E-state index in [2.05, 4.69) is 5.32 Å². The van der Waals surface area contributed by atoms with Crippen molar-refractivity contribution in [3.05, 3.63) is 23.8 Å². The number of nitrogens with two attached hydrogens (primary N) is 1. The molecular weight excluding hydrogens is 216 g/mol. The van der Waals surface area contributed by atoms with Crippen LogP contribution in [0.25, 0.3) is 0 Å². The number of nitrogen functional groups attached to an aromatic ring is 1. The van der Waals surface area contributed by atoms with Crippen LogP contribution in [0.3, 0.4) is 0 Å². The highest BCUT2D eigenvalue weighted by atomic mass is 16.2. The van der Waals surface area contributed by atoms with Crippen LogP contribution in [-0.4, -0.2) is 25.5 Å². The number of nitrogens with one attached hydrogen (secondary N) is 1. The predicted octanol–water partition coefficient (Wildman–Crippen LogP) is 0.271. The summed E-state index contributed by atoms with van der Waals surface area (Å²) in [5.41, 5.74) is 8.79. The van der Waals surface area contributed by atoms with Crippen molar-refractivity contribution in [2.24, 2.45) is 0 Å². The van der Waals surface area contributed by atoms with Crippen molar-refractivity contribution < 1.29 is 4.79 Å². The molecule has 1 aromatic rings. The summed E-state index contributed by atoms with van der Waals surface area (Å²) in [7, 11) is 0. The maximum absolute atomic E-state index is 11.5. The lowest BCUT2D eigenvalue weighted by atomic mass is 10.1. The lowest BCUT2D eigenvalue weighted by Gasteiger charge is -2.18. The molecule has 0 spiro atoms. The highest BCUT2D eigenvalue weighted by Crippen LogP contribution is 2.31. The second-order valence-corrected chi connectivity index (χ2v) is 3.95. The van der Waals surface area contributed by atoms with Crippen molar-refractivity contribution in [1.29, 1.82) is 5.26 Å². The van der Waals surface area contributed by atoms with Gasteiger partial charge in [-0.25, -0.2) is 0 Å². The molecule has 5 heteroatoms. The predicted molar refractivity (Wildman–Crippen MR) is 65.4 cm³/mol. The van der Waals surface area contributed by atoms with Gasteiger partial charge in [-0.05, 0) is 18.6 Å². The number of nitrogens with zero attached hydrogens (tertiary/aromatic N) is 2. The lowest BCUT2D eigenvalue weighted by molar-refractivity contribution is -0.119. The zero-order valence-electron chi connectivity index (χ0n) is 9.44. The van der Waals surface area contributed by atoms with Crippen LogP contribution < -0.4 is 16.0 Å². The Morgan fingerprint density at radius 3 is 3.18 bits per heavy atom. The van der Waals surface area contributed by atoms with Crippen LogP contribution in [0, 0.1) is 11.3 Å². The molecule has 0 saturated heterocycles. The molecule has 0 unspecified atom stereocenters. The molecule has 0 radical (unpaired) electrons. The monoisotopic (exact) mass is 230 g/mol. The highest BCUT2D eigenvalue weighted by Gasteiger charge is 2.22. The minimum Gasteiger partial charge on any atom is -0.398 e. The number of carbonyl (C=O) groups is 1. The normalized spacial score (nSPS) is 13.0. The number of hydrogen-bond acceptors (Lipinski definition) is 4. The second kappa shape index (κ2) is 4.74. The largest absolute Gasteiger partial charge is 0.398 e.